The molecular formula is C15H20BrN3O. The molecule has 0 saturated heterocycles. The summed E-state index contributed by atoms with van der Waals surface area (Å²) in [5.74, 6) is -0.0186. The molecule has 108 valence electrons. The van der Waals surface area contributed by atoms with E-state index in [1.165, 1.54) is 0 Å². The monoisotopic (exact) mass is 337 g/mol. The van der Waals surface area contributed by atoms with Crippen LogP contribution in [0.15, 0.2) is 22.7 Å². The standard InChI is InChI=1S/C15H20BrN3O/c1-4-12(5-2)19-15(20)10(3)18-14-7-6-11(9-17)8-13(14)16/h6-8,10,12,18H,4-5H2,1-3H3,(H,19,20). The number of hydrogen-bond acceptors (Lipinski definition) is 3. The zero-order chi connectivity index (χ0) is 15.1. The molecule has 0 aliphatic rings. The van der Waals surface area contributed by atoms with Gasteiger partial charge in [-0.15, -0.1) is 0 Å². The van der Waals surface area contributed by atoms with Crippen molar-refractivity contribution in [2.24, 2.45) is 0 Å². The number of rotatable bonds is 6. The summed E-state index contributed by atoms with van der Waals surface area (Å²) in [6, 6.07) is 7.21. The molecule has 0 heterocycles. The Kier molecular flexibility index (Phi) is 6.53. The molecule has 2 N–H and O–H groups in total. The van der Waals surface area contributed by atoms with E-state index < -0.39 is 0 Å². The van der Waals surface area contributed by atoms with Gasteiger partial charge in [0.2, 0.25) is 5.91 Å². The SMILES string of the molecule is CCC(CC)NC(=O)C(C)Nc1ccc(C#N)cc1Br. The first kappa shape index (κ1) is 16.5. The maximum Gasteiger partial charge on any atom is 0.242 e. The highest BCUT2D eigenvalue weighted by atomic mass is 79.9. The van der Waals surface area contributed by atoms with E-state index in [1.807, 2.05) is 6.92 Å². The second-order valence-corrected chi connectivity index (χ2v) is 5.55. The van der Waals surface area contributed by atoms with Crippen LogP contribution in [-0.4, -0.2) is 18.0 Å². The van der Waals surface area contributed by atoms with Crippen molar-refractivity contribution >= 4 is 27.5 Å². The number of nitrogens with one attached hydrogen (secondary N) is 2. The number of carbonyl (C=O) groups excluding carboxylic acids is 1. The third-order valence-corrected chi connectivity index (χ3v) is 3.85. The summed E-state index contributed by atoms with van der Waals surface area (Å²) in [4.78, 5) is 12.1. The van der Waals surface area contributed by atoms with E-state index >= 15 is 0 Å². The highest BCUT2D eigenvalue weighted by Gasteiger charge is 2.16. The highest BCUT2D eigenvalue weighted by molar-refractivity contribution is 9.10. The number of hydrogen-bond donors (Lipinski definition) is 2. The van der Waals surface area contributed by atoms with Gasteiger partial charge >= 0.3 is 0 Å². The fraction of sp³-hybridized carbons (Fsp3) is 0.467. The van der Waals surface area contributed by atoms with Crippen LogP contribution < -0.4 is 10.6 Å². The first-order chi connectivity index (χ1) is 9.51. The van der Waals surface area contributed by atoms with Crippen LogP contribution in [0.3, 0.4) is 0 Å². The predicted octanol–water partition coefficient (Wildman–Crippen LogP) is 3.43. The molecule has 0 aromatic heterocycles. The second-order valence-electron chi connectivity index (χ2n) is 4.69. The predicted molar refractivity (Wildman–Crippen MR) is 84.5 cm³/mol. The third-order valence-electron chi connectivity index (χ3n) is 3.20. The molecule has 1 rings (SSSR count). The molecule has 4 nitrogen and oxygen atoms in total. The third kappa shape index (κ3) is 4.53. The van der Waals surface area contributed by atoms with Gasteiger partial charge in [-0.25, -0.2) is 0 Å². The summed E-state index contributed by atoms with van der Waals surface area (Å²) in [7, 11) is 0. The molecule has 1 unspecified atom stereocenters. The lowest BCUT2D eigenvalue weighted by Gasteiger charge is -2.20. The number of nitriles is 1. The zero-order valence-electron chi connectivity index (χ0n) is 12.0. The summed E-state index contributed by atoms with van der Waals surface area (Å²) in [6.45, 7) is 5.94. The Morgan fingerprint density at radius 1 is 1.40 bits per heavy atom. The van der Waals surface area contributed by atoms with Gasteiger partial charge in [-0.3, -0.25) is 4.79 Å². The van der Waals surface area contributed by atoms with Gasteiger partial charge < -0.3 is 10.6 Å². The van der Waals surface area contributed by atoms with E-state index in [2.05, 4.69) is 46.5 Å². The molecule has 0 bridgehead atoms. The average molecular weight is 338 g/mol. The van der Waals surface area contributed by atoms with E-state index in [0.29, 0.717) is 5.56 Å². The fourth-order valence-electron chi connectivity index (χ4n) is 1.82. The van der Waals surface area contributed by atoms with Gasteiger partial charge in [0.1, 0.15) is 6.04 Å². The minimum absolute atomic E-state index is 0.0186. The maximum absolute atomic E-state index is 12.1. The van der Waals surface area contributed by atoms with E-state index in [-0.39, 0.29) is 18.0 Å². The van der Waals surface area contributed by atoms with Crippen molar-refractivity contribution in [2.45, 2.75) is 45.7 Å². The van der Waals surface area contributed by atoms with Crippen LogP contribution in [0.1, 0.15) is 39.2 Å². The number of benzene rings is 1. The summed E-state index contributed by atoms with van der Waals surface area (Å²) >= 11 is 3.40. The molecule has 20 heavy (non-hydrogen) atoms. The van der Waals surface area contributed by atoms with Crippen molar-refractivity contribution in [3.8, 4) is 6.07 Å². The van der Waals surface area contributed by atoms with E-state index in [1.54, 1.807) is 18.2 Å². The Morgan fingerprint density at radius 3 is 2.55 bits per heavy atom. The van der Waals surface area contributed by atoms with Gasteiger partial charge in [0, 0.05) is 16.2 Å². The minimum Gasteiger partial charge on any atom is -0.373 e. The molecule has 0 aliphatic carbocycles. The van der Waals surface area contributed by atoms with Gasteiger partial charge in [0.05, 0.1) is 11.6 Å². The van der Waals surface area contributed by atoms with Crippen LogP contribution in [0.4, 0.5) is 5.69 Å². The fourth-order valence-corrected chi connectivity index (χ4v) is 2.31. The summed E-state index contributed by atoms with van der Waals surface area (Å²) < 4.78 is 0.777. The molecule has 0 radical (unpaired) electrons. The van der Waals surface area contributed by atoms with Crippen LogP contribution in [0.2, 0.25) is 0 Å². The molecule has 0 saturated carbocycles. The first-order valence-electron chi connectivity index (χ1n) is 6.78. The van der Waals surface area contributed by atoms with Gasteiger partial charge in [0.15, 0.2) is 0 Å². The molecule has 0 aliphatic heterocycles. The lowest BCUT2D eigenvalue weighted by molar-refractivity contribution is -0.122. The number of halogens is 1. The molecule has 1 aromatic rings. The lowest BCUT2D eigenvalue weighted by atomic mass is 10.1. The van der Waals surface area contributed by atoms with Crippen molar-refractivity contribution in [1.29, 1.82) is 5.26 Å². The Labute approximate surface area is 128 Å². The van der Waals surface area contributed by atoms with Crippen molar-refractivity contribution in [1.82, 2.24) is 5.32 Å². The number of anilines is 1. The van der Waals surface area contributed by atoms with E-state index in [0.717, 1.165) is 23.0 Å². The molecule has 0 spiro atoms. The Morgan fingerprint density at radius 2 is 2.05 bits per heavy atom. The van der Waals surface area contributed by atoms with Gasteiger partial charge in [-0.1, -0.05) is 13.8 Å². The lowest BCUT2D eigenvalue weighted by Crippen LogP contribution is -2.42. The average Bonchev–Trinajstić information content (AvgIpc) is 2.46. The van der Waals surface area contributed by atoms with Crippen LogP contribution in [0, 0.1) is 11.3 Å². The Balaban J connectivity index is 2.68. The largest absolute Gasteiger partial charge is 0.373 e. The second kappa shape index (κ2) is 7.91. The van der Waals surface area contributed by atoms with Crippen LogP contribution in [-0.2, 0) is 4.79 Å². The Bertz CT molecular complexity index is 506. The Hall–Kier alpha value is -1.54. The molecule has 1 atom stereocenters. The van der Waals surface area contributed by atoms with Crippen LogP contribution in [0.5, 0.6) is 0 Å². The van der Waals surface area contributed by atoms with Crippen LogP contribution in [0.25, 0.3) is 0 Å². The molecule has 5 heteroatoms. The van der Waals surface area contributed by atoms with Crippen molar-refractivity contribution in [3.63, 3.8) is 0 Å². The summed E-state index contributed by atoms with van der Waals surface area (Å²) in [5, 5.41) is 15.0. The molecule has 0 fully saturated rings. The first-order valence-corrected chi connectivity index (χ1v) is 7.57. The molecular weight excluding hydrogens is 318 g/mol. The van der Waals surface area contributed by atoms with Crippen molar-refractivity contribution in [3.05, 3.63) is 28.2 Å². The van der Waals surface area contributed by atoms with Gasteiger partial charge in [-0.05, 0) is 53.9 Å². The minimum atomic E-state index is -0.333. The molecule has 1 amide bonds. The zero-order valence-corrected chi connectivity index (χ0v) is 13.6. The molecule has 1 aromatic carbocycles. The van der Waals surface area contributed by atoms with Gasteiger partial charge in [0.25, 0.3) is 0 Å². The van der Waals surface area contributed by atoms with E-state index in [9.17, 15) is 4.79 Å². The number of amides is 1. The maximum atomic E-state index is 12.1. The highest BCUT2D eigenvalue weighted by Crippen LogP contribution is 2.24. The number of nitrogens with zero attached hydrogens (tertiary/aromatic N) is 1. The van der Waals surface area contributed by atoms with Crippen molar-refractivity contribution < 1.29 is 4.79 Å². The van der Waals surface area contributed by atoms with E-state index in [4.69, 9.17) is 5.26 Å². The summed E-state index contributed by atoms with van der Waals surface area (Å²) in [6.07, 6.45) is 1.85. The number of carbonyl (C=O) groups is 1. The van der Waals surface area contributed by atoms with Gasteiger partial charge in [-0.2, -0.15) is 5.26 Å². The topological polar surface area (TPSA) is 64.9 Å². The van der Waals surface area contributed by atoms with Crippen LogP contribution >= 0.6 is 15.9 Å². The smallest absolute Gasteiger partial charge is 0.242 e. The normalized spacial score (nSPS) is 11.8. The summed E-state index contributed by atoms with van der Waals surface area (Å²) in [5.41, 5.74) is 1.38. The quantitative estimate of drug-likeness (QED) is 0.835. The van der Waals surface area contributed by atoms with Crippen molar-refractivity contribution in [2.75, 3.05) is 5.32 Å².